The minimum atomic E-state index is -1.02. The van der Waals surface area contributed by atoms with Gasteiger partial charge in [-0.1, -0.05) is 51.3 Å². The first-order valence-electron chi connectivity index (χ1n) is 9.33. The Morgan fingerprint density at radius 2 is 1.66 bits per heavy atom. The van der Waals surface area contributed by atoms with Crippen LogP contribution in [0, 0.1) is 0 Å². The highest BCUT2D eigenvalue weighted by Gasteiger charge is 2.54. The van der Waals surface area contributed by atoms with E-state index in [1.165, 1.54) is 4.90 Å². The highest BCUT2D eigenvalue weighted by atomic mass is 79.9. The van der Waals surface area contributed by atoms with Crippen LogP contribution in [0.4, 0.5) is 10.5 Å². The Kier molecular flexibility index (Phi) is 6.89. The van der Waals surface area contributed by atoms with E-state index in [4.69, 9.17) is 28.9 Å². The standard InChI is InChI=1S/C21H22BrCl2N3O2/c1-21(13-14-4-6-15(22)7-5-14)19(28)27(18-11-16(23)10-17(24)12-18)20(29)26(21)9-3-2-8-25/h4-7,10-12H,2-3,8-9,13,25H2,1H3. The predicted molar refractivity (Wildman–Crippen MR) is 121 cm³/mol. The van der Waals surface area contributed by atoms with E-state index in [0.717, 1.165) is 22.9 Å². The van der Waals surface area contributed by atoms with Gasteiger partial charge in [0.15, 0.2) is 0 Å². The summed E-state index contributed by atoms with van der Waals surface area (Å²) in [5.41, 5.74) is 5.94. The van der Waals surface area contributed by atoms with Crippen LogP contribution >= 0.6 is 39.1 Å². The Labute approximate surface area is 188 Å². The molecule has 2 N–H and O–H groups in total. The van der Waals surface area contributed by atoms with Gasteiger partial charge in [-0.15, -0.1) is 0 Å². The van der Waals surface area contributed by atoms with Crippen LogP contribution in [-0.2, 0) is 11.2 Å². The SMILES string of the molecule is CC1(Cc2ccc(Br)cc2)C(=O)N(c2cc(Cl)cc(Cl)c2)C(=O)N1CCCCN. The molecule has 8 heteroatoms. The molecule has 2 aromatic carbocycles. The van der Waals surface area contributed by atoms with Gasteiger partial charge in [-0.2, -0.15) is 0 Å². The van der Waals surface area contributed by atoms with Crippen LogP contribution in [0.1, 0.15) is 25.3 Å². The molecule has 0 spiro atoms. The smallest absolute Gasteiger partial charge is 0.330 e. The van der Waals surface area contributed by atoms with Crippen LogP contribution < -0.4 is 10.6 Å². The molecule has 1 aliphatic rings. The molecule has 29 heavy (non-hydrogen) atoms. The molecule has 1 aliphatic heterocycles. The largest absolute Gasteiger partial charge is 0.332 e. The van der Waals surface area contributed by atoms with Crippen molar-refractivity contribution >= 4 is 56.8 Å². The van der Waals surface area contributed by atoms with Gasteiger partial charge < -0.3 is 10.6 Å². The zero-order valence-electron chi connectivity index (χ0n) is 16.0. The zero-order valence-corrected chi connectivity index (χ0v) is 19.1. The quantitative estimate of drug-likeness (QED) is 0.418. The minimum Gasteiger partial charge on any atom is -0.330 e. The van der Waals surface area contributed by atoms with Crippen LogP contribution in [-0.4, -0.2) is 35.5 Å². The molecule has 3 amide bonds. The summed E-state index contributed by atoms with van der Waals surface area (Å²) in [5.74, 6) is -0.295. The predicted octanol–water partition coefficient (Wildman–Crippen LogP) is 5.26. The minimum absolute atomic E-state index is 0.295. The summed E-state index contributed by atoms with van der Waals surface area (Å²) in [6.07, 6.45) is 1.89. The van der Waals surface area contributed by atoms with Crippen molar-refractivity contribution < 1.29 is 9.59 Å². The normalized spacial score (nSPS) is 19.3. The van der Waals surface area contributed by atoms with Gasteiger partial charge in [0, 0.05) is 27.5 Å². The van der Waals surface area contributed by atoms with Gasteiger partial charge in [0.05, 0.1) is 5.69 Å². The van der Waals surface area contributed by atoms with Gasteiger partial charge in [-0.05, 0) is 62.2 Å². The van der Waals surface area contributed by atoms with Crippen molar-refractivity contribution in [2.45, 2.75) is 31.7 Å². The zero-order chi connectivity index (χ0) is 21.2. The lowest BCUT2D eigenvalue weighted by Crippen LogP contribution is -2.49. The molecule has 1 saturated heterocycles. The van der Waals surface area contributed by atoms with Crippen LogP contribution in [0.2, 0.25) is 10.0 Å². The maximum Gasteiger partial charge on any atom is 0.332 e. The van der Waals surface area contributed by atoms with E-state index >= 15 is 0 Å². The molecule has 1 atom stereocenters. The number of anilines is 1. The Hall–Kier alpha value is -1.60. The van der Waals surface area contributed by atoms with Crippen LogP contribution in [0.25, 0.3) is 0 Å². The summed E-state index contributed by atoms with van der Waals surface area (Å²) in [6.45, 7) is 2.79. The van der Waals surface area contributed by atoms with Crippen LogP contribution in [0.3, 0.4) is 0 Å². The van der Waals surface area contributed by atoms with Gasteiger partial charge in [-0.25, -0.2) is 9.69 Å². The maximum absolute atomic E-state index is 13.5. The summed E-state index contributed by atoms with van der Waals surface area (Å²) in [7, 11) is 0. The van der Waals surface area contributed by atoms with Crippen molar-refractivity contribution in [2.24, 2.45) is 5.73 Å². The van der Waals surface area contributed by atoms with Crippen molar-refractivity contribution in [3.8, 4) is 0 Å². The molecule has 5 nitrogen and oxygen atoms in total. The number of carbonyl (C=O) groups excluding carboxylic acids is 2. The number of imide groups is 1. The third-order valence-electron chi connectivity index (χ3n) is 5.08. The lowest BCUT2D eigenvalue weighted by molar-refractivity contribution is -0.124. The van der Waals surface area contributed by atoms with E-state index in [1.54, 1.807) is 23.1 Å². The Morgan fingerprint density at radius 3 is 2.24 bits per heavy atom. The summed E-state index contributed by atoms with van der Waals surface area (Å²) in [5, 5.41) is 0.730. The molecule has 1 unspecified atom stereocenters. The molecule has 0 bridgehead atoms. The monoisotopic (exact) mass is 497 g/mol. The highest BCUT2D eigenvalue weighted by Crippen LogP contribution is 2.37. The topological polar surface area (TPSA) is 66.6 Å². The summed E-state index contributed by atoms with van der Waals surface area (Å²) in [4.78, 5) is 29.6. The van der Waals surface area contributed by atoms with E-state index in [2.05, 4.69) is 15.9 Å². The van der Waals surface area contributed by atoms with Crippen molar-refractivity contribution in [2.75, 3.05) is 18.0 Å². The maximum atomic E-state index is 13.5. The Balaban J connectivity index is 1.99. The number of urea groups is 1. The van der Waals surface area contributed by atoms with E-state index in [0.29, 0.717) is 35.2 Å². The fourth-order valence-electron chi connectivity index (χ4n) is 3.60. The third-order valence-corrected chi connectivity index (χ3v) is 6.05. The third kappa shape index (κ3) is 4.61. The van der Waals surface area contributed by atoms with Gasteiger partial charge >= 0.3 is 6.03 Å². The fraction of sp³-hybridized carbons (Fsp3) is 0.333. The molecular formula is C21H22BrCl2N3O2. The average molecular weight is 499 g/mol. The lowest BCUT2D eigenvalue weighted by Gasteiger charge is -2.32. The average Bonchev–Trinajstić information content (AvgIpc) is 2.83. The first kappa shape index (κ1) is 22.1. The van der Waals surface area contributed by atoms with Gasteiger partial charge in [0.1, 0.15) is 5.54 Å². The molecular weight excluding hydrogens is 477 g/mol. The molecule has 1 heterocycles. The number of hydrogen-bond donors (Lipinski definition) is 1. The number of benzene rings is 2. The highest BCUT2D eigenvalue weighted by molar-refractivity contribution is 9.10. The number of amides is 3. The summed E-state index contributed by atoms with van der Waals surface area (Å²) in [6, 6.07) is 12.1. The molecule has 0 radical (unpaired) electrons. The molecule has 3 rings (SSSR count). The molecule has 0 saturated carbocycles. The molecule has 0 aromatic heterocycles. The number of rotatable bonds is 7. The second-order valence-corrected chi connectivity index (χ2v) is 9.06. The number of nitrogens with two attached hydrogens (primary N) is 1. The number of nitrogens with zero attached hydrogens (tertiary/aromatic N) is 2. The van der Waals surface area contributed by atoms with Gasteiger partial charge in [0.2, 0.25) is 0 Å². The molecule has 0 aliphatic carbocycles. The molecule has 1 fully saturated rings. The van der Waals surface area contributed by atoms with E-state index in [9.17, 15) is 9.59 Å². The van der Waals surface area contributed by atoms with Gasteiger partial charge in [0.25, 0.3) is 5.91 Å². The first-order chi connectivity index (χ1) is 13.8. The lowest BCUT2D eigenvalue weighted by atomic mass is 9.91. The fourth-order valence-corrected chi connectivity index (χ4v) is 4.38. The second kappa shape index (κ2) is 9.04. The second-order valence-electron chi connectivity index (χ2n) is 7.28. The van der Waals surface area contributed by atoms with Crippen LogP contribution in [0.15, 0.2) is 46.9 Å². The van der Waals surface area contributed by atoms with E-state index < -0.39 is 5.54 Å². The molecule has 2 aromatic rings. The number of unbranched alkanes of at least 4 members (excludes halogenated alkanes) is 1. The van der Waals surface area contributed by atoms with Crippen LogP contribution in [0.5, 0.6) is 0 Å². The summed E-state index contributed by atoms with van der Waals surface area (Å²) < 4.78 is 0.954. The molecule has 154 valence electrons. The van der Waals surface area contributed by atoms with E-state index in [1.807, 2.05) is 31.2 Å². The van der Waals surface area contributed by atoms with Crippen molar-refractivity contribution in [1.82, 2.24) is 4.90 Å². The van der Waals surface area contributed by atoms with Crippen molar-refractivity contribution in [3.05, 3.63) is 62.5 Å². The number of carbonyl (C=O) groups is 2. The first-order valence-corrected chi connectivity index (χ1v) is 10.9. The number of hydrogen-bond acceptors (Lipinski definition) is 3. The van der Waals surface area contributed by atoms with Crippen molar-refractivity contribution in [1.29, 1.82) is 0 Å². The summed E-state index contributed by atoms with van der Waals surface area (Å²) >= 11 is 15.6. The van der Waals surface area contributed by atoms with Gasteiger partial charge in [-0.3, -0.25) is 4.79 Å². The van der Waals surface area contributed by atoms with E-state index in [-0.39, 0.29) is 11.9 Å². The van der Waals surface area contributed by atoms with Crippen molar-refractivity contribution in [3.63, 3.8) is 0 Å². The number of halogens is 3. The Morgan fingerprint density at radius 1 is 1.03 bits per heavy atom. The Bertz CT molecular complexity index is 902.